The van der Waals surface area contributed by atoms with Crippen molar-refractivity contribution in [2.75, 3.05) is 7.11 Å². The van der Waals surface area contributed by atoms with Crippen LogP contribution < -0.4 is 15.4 Å². The first-order valence-electron chi connectivity index (χ1n) is 10.1. The Morgan fingerprint density at radius 2 is 2.23 bits per heavy atom. The third-order valence-corrected chi connectivity index (χ3v) is 5.75. The summed E-state index contributed by atoms with van der Waals surface area (Å²) in [5, 5.41) is 10.3. The molecule has 1 fully saturated rings. The Kier molecular flexibility index (Phi) is 6.43. The molecule has 8 heteroatoms. The molecule has 0 saturated carbocycles. The number of rotatable bonds is 8. The molecule has 1 aromatic heterocycles. The molecule has 1 saturated heterocycles. The van der Waals surface area contributed by atoms with Gasteiger partial charge in [-0.1, -0.05) is 6.07 Å². The topological polar surface area (TPSA) is 85.2 Å². The van der Waals surface area contributed by atoms with E-state index in [1.807, 2.05) is 27.1 Å². The second-order valence-electron chi connectivity index (χ2n) is 8.10. The largest absolute Gasteiger partial charge is 0.497 e. The molecule has 1 aliphatic rings. The van der Waals surface area contributed by atoms with Crippen LogP contribution in [0, 0.1) is 12.7 Å². The normalized spacial score (nSPS) is 19.4. The summed E-state index contributed by atoms with van der Waals surface area (Å²) in [6.07, 6.45) is 3.85. The van der Waals surface area contributed by atoms with Crippen LogP contribution in [0.5, 0.6) is 5.75 Å². The van der Waals surface area contributed by atoms with Gasteiger partial charge in [-0.25, -0.2) is 4.39 Å². The number of nitrogens with one attached hydrogen (secondary N) is 2. The van der Waals surface area contributed by atoms with Gasteiger partial charge in [0, 0.05) is 43.3 Å². The summed E-state index contributed by atoms with van der Waals surface area (Å²) >= 11 is 0. The van der Waals surface area contributed by atoms with Gasteiger partial charge in [-0.2, -0.15) is 5.10 Å². The third-order valence-electron chi connectivity index (χ3n) is 5.75. The predicted molar refractivity (Wildman–Crippen MR) is 111 cm³/mol. The summed E-state index contributed by atoms with van der Waals surface area (Å²) in [6.45, 7) is 3.83. The molecular formula is C22H29FN4O3. The van der Waals surface area contributed by atoms with E-state index in [9.17, 15) is 14.0 Å². The van der Waals surface area contributed by atoms with Crippen molar-refractivity contribution >= 4 is 11.8 Å². The first-order valence-corrected chi connectivity index (χ1v) is 10.1. The second-order valence-corrected chi connectivity index (χ2v) is 8.10. The zero-order valence-corrected chi connectivity index (χ0v) is 17.9. The lowest BCUT2D eigenvalue weighted by atomic mass is 9.84. The van der Waals surface area contributed by atoms with Gasteiger partial charge in [0.15, 0.2) is 0 Å². The Balaban J connectivity index is 1.65. The van der Waals surface area contributed by atoms with Gasteiger partial charge < -0.3 is 15.4 Å². The SMILES string of the molecule is COc1ccc(CC2(CCC(=O)NC(C)c3cn(C)nc3C)CCC(=O)N2)c(F)c1. The number of carbonyl (C=O) groups is 2. The van der Waals surface area contributed by atoms with Gasteiger partial charge in [0.25, 0.3) is 0 Å². The quantitative estimate of drug-likeness (QED) is 0.693. The maximum atomic E-state index is 14.5. The molecular weight excluding hydrogens is 387 g/mol. The number of hydrogen-bond acceptors (Lipinski definition) is 4. The number of ether oxygens (including phenoxy) is 1. The summed E-state index contributed by atoms with van der Waals surface area (Å²) in [6, 6.07) is 4.55. The van der Waals surface area contributed by atoms with Crippen LogP contribution in [-0.4, -0.2) is 34.2 Å². The molecule has 1 aromatic carbocycles. The molecule has 2 N–H and O–H groups in total. The molecule has 0 bridgehead atoms. The molecule has 2 aromatic rings. The van der Waals surface area contributed by atoms with Crippen LogP contribution in [0.4, 0.5) is 4.39 Å². The molecule has 0 aliphatic carbocycles. The Bertz CT molecular complexity index is 942. The molecule has 2 atom stereocenters. The van der Waals surface area contributed by atoms with Gasteiger partial charge in [0.05, 0.1) is 18.8 Å². The van der Waals surface area contributed by atoms with Gasteiger partial charge in [0.1, 0.15) is 11.6 Å². The minimum atomic E-state index is -0.628. The van der Waals surface area contributed by atoms with Gasteiger partial charge in [-0.15, -0.1) is 0 Å². The van der Waals surface area contributed by atoms with E-state index in [2.05, 4.69) is 15.7 Å². The molecule has 162 valence electrons. The number of hydrogen-bond donors (Lipinski definition) is 2. The van der Waals surface area contributed by atoms with Crippen LogP contribution in [0.25, 0.3) is 0 Å². The summed E-state index contributed by atoms with van der Waals surface area (Å²) in [7, 11) is 3.33. The minimum absolute atomic E-state index is 0.0660. The molecule has 3 rings (SSSR count). The molecule has 2 unspecified atom stereocenters. The van der Waals surface area contributed by atoms with Crippen molar-refractivity contribution in [2.45, 2.75) is 57.5 Å². The van der Waals surface area contributed by atoms with Crippen LogP contribution >= 0.6 is 0 Å². The number of aromatic nitrogens is 2. The lowest BCUT2D eigenvalue weighted by Crippen LogP contribution is -2.45. The highest BCUT2D eigenvalue weighted by Crippen LogP contribution is 2.31. The van der Waals surface area contributed by atoms with Gasteiger partial charge in [-0.05, 0) is 44.7 Å². The van der Waals surface area contributed by atoms with E-state index in [4.69, 9.17) is 4.74 Å². The van der Waals surface area contributed by atoms with Crippen molar-refractivity contribution in [3.05, 3.63) is 47.0 Å². The monoisotopic (exact) mass is 416 g/mol. The fourth-order valence-corrected chi connectivity index (χ4v) is 4.13. The highest BCUT2D eigenvalue weighted by atomic mass is 19.1. The fraction of sp³-hybridized carbons (Fsp3) is 0.500. The maximum Gasteiger partial charge on any atom is 0.220 e. The fourth-order valence-electron chi connectivity index (χ4n) is 4.13. The van der Waals surface area contributed by atoms with Gasteiger partial charge >= 0.3 is 0 Å². The van der Waals surface area contributed by atoms with Crippen molar-refractivity contribution < 1.29 is 18.7 Å². The zero-order chi connectivity index (χ0) is 21.9. The highest BCUT2D eigenvalue weighted by Gasteiger charge is 2.38. The van der Waals surface area contributed by atoms with Crippen LogP contribution in [0.2, 0.25) is 0 Å². The van der Waals surface area contributed by atoms with Gasteiger partial charge in [-0.3, -0.25) is 14.3 Å². The maximum absolute atomic E-state index is 14.5. The van der Waals surface area contributed by atoms with Crippen molar-refractivity contribution in [1.82, 2.24) is 20.4 Å². The van der Waals surface area contributed by atoms with Crippen molar-refractivity contribution in [3.63, 3.8) is 0 Å². The number of nitrogens with zero attached hydrogens (tertiary/aromatic N) is 2. The zero-order valence-electron chi connectivity index (χ0n) is 17.9. The Morgan fingerprint density at radius 3 is 2.80 bits per heavy atom. The first kappa shape index (κ1) is 21.8. The third kappa shape index (κ3) is 4.98. The summed E-state index contributed by atoms with van der Waals surface area (Å²) in [5.41, 5.74) is 1.71. The molecule has 30 heavy (non-hydrogen) atoms. The molecule has 0 spiro atoms. The number of carbonyl (C=O) groups excluding carboxylic acids is 2. The number of halogens is 1. The van der Waals surface area contributed by atoms with Crippen LogP contribution in [0.3, 0.4) is 0 Å². The minimum Gasteiger partial charge on any atom is -0.497 e. The standard InChI is InChI=1S/C22H29FN4O3/c1-14(18-13-27(3)26-15(18)2)24-20(28)7-9-22(10-8-21(29)25-22)12-16-5-6-17(30-4)11-19(16)23/h5-6,11,13-14H,7-10,12H2,1-4H3,(H,24,28)(H,25,29). The second kappa shape index (κ2) is 8.85. The van der Waals surface area contributed by atoms with E-state index >= 15 is 0 Å². The first-order chi connectivity index (χ1) is 14.2. The van der Waals surface area contributed by atoms with Crippen LogP contribution in [0.1, 0.15) is 55.5 Å². The van der Waals surface area contributed by atoms with Gasteiger partial charge in [0.2, 0.25) is 11.8 Å². The van der Waals surface area contributed by atoms with E-state index in [0.29, 0.717) is 37.0 Å². The molecule has 7 nitrogen and oxygen atoms in total. The van der Waals surface area contributed by atoms with Crippen LogP contribution in [-0.2, 0) is 23.1 Å². The van der Waals surface area contributed by atoms with Crippen LogP contribution in [0.15, 0.2) is 24.4 Å². The Hall–Kier alpha value is -2.90. The predicted octanol–water partition coefficient (Wildman–Crippen LogP) is 2.73. The molecule has 0 radical (unpaired) electrons. The molecule has 1 aliphatic heterocycles. The lowest BCUT2D eigenvalue weighted by molar-refractivity contribution is -0.123. The van der Waals surface area contributed by atoms with E-state index in [-0.39, 0.29) is 30.1 Å². The van der Waals surface area contributed by atoms with E-state index < -0.39 is 5.54 Å². The Labute approximate surface area is 176 Å². The number of aryl methyl sites for hydroxylation is 2. The Morgan fingerprint density at radius 1 is 1.47 bits per heavy atom. The smallest absolute Gasteiger partial charge is 0.220 e. The number of amides is 2. The average molecular weight is 416 g/mol. The molecule has 2 heterocycles. The number of methoxy groups -OCH3 is 1. The van der Waals surface area contributed by atoms with E-state index in [1.54, 1.807) is 16.8 Å². The highest BCUT2D eigenvalue weighted by molar-refractivity contribution is 5.80. The average Bonchev–Trinajstić information content (AvgIpc) is 3.23. The summed E-state index contributed by atoms with van der Waals surface area (Å²) in [5.74, 6) is -0.107. The molecule has 2 amide bonds. The van der Waals surface area contributed by atoms with Crippen molar-refractivity contribution in [3.8, 4) is 5.75 Å². The van der Waals surface area contributed by atoms with E-state index in [1.165, 1.54) is 13.2 Å². The summed E-state index contributed by atoms with van der Waals surface area (Å²) < 4.78 is 21.3. The lowest BCUT2D eigenvalue weighted by Gasteiger charge is -2.30. The van der Waals surface area contributed by atoms with Crippen molar-refractivity contribution in [2.24, 2.45) is 7.05 Å². The van der Waals surface area contributed by atoms with E-state index in [0.717, 1.165) is 11.3 Å². The van der Waals surface area contributed by atoms with Crippen molar-refractivity contribution in [1.29, 1.82) is 0 Å². The summed E-state index contributed by atoms with van der Waals surface area (Å²) in [4.78, 5) is 24.5. The number of benzene rings is 1.